The molecule has 30 heavy (non-hydrogen) atoms. The predicted molar refractivity (Wildman–Crippen MR) is 117 cm³/mol. The number of methoxy groups -OCH3 is 1. The summed E-state index contributed by atoms with van der Waals surface area (Å²) in [5.41, 5.74) is 1.72. The molecule has 0 N–H and O–H groups in total. The lowest BCUT2D eigenvalue weighted by atomic mass is 10.1. The van der Waals surface area contributed by atoms with E-state index in [2.05, 4.69) is 23.8 Å². The Hall–Kier alpha value is -2.54. The van der Waals surface area contributed by atoms with Gasteiger partial charge in [-0.05, 0) is 56.9 Å². The summed E-state index contributed by atoms with van der Waals surface area (Å²) in [6.07, 6.45) is 6.67. The number of hydrogen-bond acceptors (Lipinski definition) is 5. The van der Waals surface area contributed by atoms with Crippen LogP contribution in [0, 0.1) is 0 Å². The average molecular weight is 415 g/mol. The standard InChI is InChI=1S/C23H34N4O3/c1-17(2)27-12-9-20(10-13-27)30-22-14-19(6-7-21(22)29-5)23(28)25(3)11-8-18-15-24-26(4)16-18/h6-7,14-17,20H,8-13H2,1-5H3. The van der Waals surface area contributed by atoms with Crippen LogP contribution in [0.4, 0.5) is 0 Å². The van der Waals surface area contributed by atoms with Crippen LogP contribution < -0.4 is 9.47 Å². The van der Waals surface area contributed by atoms with Crippen LogP contribution in [-0.2, 0) is 13.5 Å². The lowest BCUT2D eigenvalue weighted by Gasteiger charge is -2.34. The minimum atomic E-state index is -0.0268. The predicted octanol–water partition coefficient (Wildman–Crippen LogP) is 3.00. The third kappa shape index (κ3) is 5.53. The zero-order chi connectivity index (χ0) is 21.7. The van der Waals surface area contributed by atoms with Crippen LogP contribution in [0.15, 0.2) is 30.6 Å². The van der Waals surface area contributed by atoms with Crippen LogP contribution in [0.2, 0.25) is 0 Å². The molecular formula is C23H34N4O3. The number of rotatable bonds is 8. The van der Waals surface area contributed by atoms with Gasteiger partial charge in [0.05, 0.1) is 13.3 Å². The van der Waals surface area contributed by atoms with Gasteiger partial charge < -0.3 is 19.3 Å². The molecular weight excluding hydrogens is 380 g/mol. The van der Waals surface area contributed by atoms with Gasteiger partial charge in [0.15, 0.2) is 11.5 Å². The van der Waals surface area contributed by atoms with E-state index in [-0.39, 0.29) is 12.0 Å². The minimum Gasteiger partial charge on any atom is -0.493 e. The Bertz CT molecular complexity index is 841. The van der Waals surface area contributed by atoms with Crippen LogP contribution in [-0.4, -0.2) is 71.4 Å². The fourth-order valence-corrected chi connectivity index (χ4v) is 3.81. The van der Waals surface area contributed by atoms with Gasteiger partial charge in [0.1, 0.15) is 6.10 Å². The number of hydrogen-bond donors (Lipinski definition) is 0. The van der Waals surface area contributed by atoms with E-state index in [0.717, 1.165) is 37.9 Å². The Morgan fingerprint density at radius 2 is 2.00 bits per heavy atom. The molecule has 0 radical (unpaired) electrons. The Labute approximate surface area is 179 Å². The van der Waals surface area contributed by atoms with E-state index < -0.39 is 0 Å². The largest absolute Gasteiger partial charge is 0.493 e. The van der Waals surface area contributed by atoms with Crippen molar-refractivity contribution >= 4 is 5.91 Å². The summed E-state index contributed by atoms with van der Waals surface area (Å²) in [5.74, 6) is 1.28. The Morgan fingerprint density at radius 1 is 1.27 bits per heavy atom. The molecule has 1 aliphatic heterocycles. The van der Waals surface area contributed by atoms with Gasteiger partial charge in [0.25, 0.3) is 5.91 Å². The molecule has 0 spiro atoms. The van der Waals surface area contributed by atoms with Gasteiger partial charge in [0.2, 0.25) is 0 Å². The highest BCUT2D eigenvalue weighted by atomic mass is 16.5. The molecule has 1 aliphatic rings. The second-order valence-corrected chi connectivity index (χ2v) is 8.31. The van der Waals surface area contributed by atoms with Crippen molar-refractivity contribution in [1.29, 1.82) is 0 Å². The summed E-state index contributed by atoms with van der Waals surface area (Å²) < 4.78 is 13.5. The number of likely N-dealkylation sites (tertiary alicyclic amines) is 1. The SMILES string of the molecule is COc1ccc(C(=O)N(C)CCc2cnn(C)c2)cc1OC1CCN(C(C)C)CC1. The van der Waals surface area contributed by atoms with Crippen LogP contribution in [0.5, 0.6) is 11.5 Å². The Balaban J connectivity index is 1.63. The number of amides is 1. The molecule has 1 fully saturated rings. The summed E-state index contributed by atoms with van der Waals surface area (Å²) in [5, 5.41) is 4.18. The zero-order valence-electron chi connectivity index (χ0n) is 18.8. The maximum atomic E-state index is 12.9. The summed E-state index contributed by atoms with van der Waals surface area (Å²) in [4.78, 5) is 17.1. The Kier molecular flexibility index (Phi) is 7.37. The molecule has 0 atom stereocenters. The number of likely N-dealkylation sites (N-methyl/N-ethyl adjacent to an activating group) is 1. The van der Waals surface area contributed by atoms with E-state index in [1.165, 1.54) is 0 Å². The number of carbonyl (C=O) groups is 1. The van der Waals surface area contributed by atoms with Gasteiger partial charge in [-0.2, -0.15) is 5.10 Å². The molecule has 0 aliphatic carbocycles. The first-order valence-electron chi connectivity index (χ1n) is 10.7. The van der Waals surface area contributed by atoms with Gasteiger partial charge in [-0.1, -0.05) is 0 Å². The molecule has 0 saturated carbocycles. The third-order valence-electron chi connectivity index (χ3n) is 5.75. The Morgan fingerprint density at radius 3 is 2.60 bits per heavy atom. The summed E-state index contributed by atoms with van der Waals surface area (Å²) in [6.45, 7) is 7.13. The highest BCUT2D eigenvalue weighted by Gasteiger charge is 2.24. The van der Waals surface area contributed by atoms with Crippen LogP contribution in [0.3, 0.4) is 0 Å². The van der Waals surface area contributed by atoms with Gasteiger partial charge in [-0.3, -0.25) is 9.48 Å². The second kappa shape index (κ2) is 9.98. The van der Waals surface area contributed by atoms with Crippen LogP contribution in [0.25, 0.3) is 0 Å². The molecule has 2 heterocycles. The minimum absolute atomic E-state index is 0.0268. The van der Waals surface area contributed by atoms with Crippen molar-refractivity contribution in [2.75, 3.05) is 33.8 Å². The third-order valence-corrected chi connectivity index (χ3v) is 5.75. The molecule has 7 heteroatoms. The van der Waals surface area contributed by atoms with E-state index >= 15 is 0 Å². The van der Waals surface area contributed by atoms with E-state index in [1.54, 1.807) is 22.8 Å². The van der Waals surface area contributed by atoms with Crippen molar-refractivity contribution in [2.24, 2.45) is 7.05 Å². The van der Waals surface area contributed by atoms with Crippen LogP contribution >= 0.6 is 0 Å². The highest BCUT2D eigenvalue weighted by molar-refractivity contribution is 5.94. The lowest BCUT2D eigenvalue weighted by Crippen LogP contribution is -2.41. The first-order valence-corrected chi connectivity index (χ1v) is 10.7. The highest BCUT2D eigenvalue weighted by Crippen LogP contribution is 2.31. The average Bonchev–Trinajstić information content (AvgIpc) is 3.17. The fourth-order valence-electron chi connectivity index (χ4n) is 3.81. The quantitative estimate of drug-likeness (QED) is 0.665. The van der Waals surface area contributed by atoms with Crippen molar-refractivity contribution in [1.82, 2.24) is 19.6 Å². The molecule has 2 aromatic rings. The van der Waals surface area contributed by atoms with Crippen LogP contribution in [0.1, 0.15) is 42.6 Å². The summed E-state index contributed by atoms with van der Waals surface area (Å²) in [7, 11) is 5.35. The molecule has 0 bridgehead atoms. The van der Waals surface area contributed by atoms with Crippen molar-refractivity contribution in [3.63, 3.8) is 0 Å². The molecule has 1 amide bonds. The van der Waals surface area contributed by atoms with Gasteiger partial charge >= 0.3 is 0 Å². The fraction of sp³-hybridized carbons (Fsp3) is 0.565. The topological polar surface area (TPSA) is 59.8 Å². The number of piperidine rings is 1. The van der Waals surface area contributed by atoms with E-state index in [0.29, 0.717) is 29.6 Å². The number of benzene rings is 1. The summed E-state index contributed by atoms with van der Waals surface area (Å²) in [6, 6.07) is 6.00. The molecule has 164 valence electrons. The molecule has 0 unspecified atom stereocenters. The first-order chi connectivity index (χ1) is 14.4. The van der Waals surface area contributed by atoms with Gasteiger partial charge in [-0.25, -0.2) is 0 Å². The number of aromatic nitrogens is 2. The molecule has 3 rings (SSSR count). The number of carbonyl (C=O) groups excluding carboxylic acids is 1. The van der Waals surface area contributed by atoms with Crippen molar-refractivity contribution < 1.29 is 14.3 Å². The van der Waals surface area contributed by atoms with Crippen molar-refractivity contribution in [2.45, 2.75) is 45.3 Å². The maximum Gasteiger partial charge on any atom is 0.253 e. The van der Waals surface area contributed by atoms with Gasteiger partial charge in [-0.15, -0.1) is 0 Å². The van der Waals surface area contributed by atoms with Gasteiger partial charge in [0, 0.05) is 51.5 Å². The number of nitrogens with zero attached hydrogens (tertiary/aromatic N) is 4. The lowest BCUT2D eigenvalue weighted by molar-refractivity contribution is 0.0781. The zero-order valence-corrected chi connectivity index (χ0v) is 18.8. The van der Waals surface area contributed by atoms with Crippen molar-refractivity contribution in [3.8, 4) is 11.5 Å². The summed E-state index contributed by atoms with van der Waals surface area (Å²) >= 11 is 0. The molecule has 1 saturated heterocycles. The molecule has 7 nitrogen and oxygen atoms in total. The maximum absolute atomic E-state index is 12.9. The van der Waals surface area contributed by atoms with E-state index in [1.807, 2.05) is 38.6 Å². The van der Waals surface area contributed by atoms with E-state index in [4.69, 9.17) is 9.47 Å². The number of ether oxygens (including phenoxy) is 2. The van der Waals surface area contributed by atoms with Crippen molar-refractivity contribution in [3.05, 3.63) is 41.7 Å². The molecule has 1 aromatic carbocycles. The van der Waals surface area contributed by atoms with E-state index in [9.17, 15) is 4.79 Å². The second-order valence-electron chi connectivity index (χ2n) is 8.31. The number of aryl methyl sites for hydroxylation is 1. The normalized spacial score (nSPS) is 15.4. The monoisotopic (exact) mass is 414 g/mol. The smallest absolute Gasteiger partial charge is 0.253 e. The molecule has 1 aromatic heterocycles. The first kappa shape index (κ1) is 22.2.